The van der Waals surface area contributed by atoms with Crippen LogP contribution in [-0.2, 0) is 4.74 Å². The average Bonchev–Trinajstić information content (AvgIpc) is 2.25. The van der Waals surface area contributed by atoms with Gasteiger partial charge >= 0.3 is 5.97 Å². The van der Waals surface area contributed by atoms with E-state index in [2.05, 4.69) is 9.84 Å². The first-order chi connectivity index (χ1) is 7.19. The summed E-state index contributed by atoms with van der Waals surface area (Å²) in [5.74, 6) is -1.44. The summed E-state index contributed by atoms with van der Waals surface area (Å²) in [5.41, 5.74) is 1.80. The van der Waals surface area contributed by atoms with Crippen molar-refractivity contribution in [2.75, 3.05) is 7.11 Å². The van der Waals surface area contributed by atoms with Gasteiger partial charge in [0.05, 0.1) is 18.9 Å². The van der Waals surface area contributed by atoms with Crippen molar-refractivity contribution in [2.45, 2.75) is 0 Å². The number of esters is 1. The molecule has 0 bridgehead atoms. The Labute approximate surface area is 85.1 Å². The first-order valence-corrected chi connectivity index (χ1v) is 3.99. The van der Waals surface area contributed by atoms with Crippen LogP contribution in [0, 0.1) is 5.82 Å². The topological polar surface area (TPSA) is 70.9 Å². The Morgan fingerprint density at radius 1 is 1.67 bits per heavy atom. The quantitative estimate of drug-likeness (QED) is 0.444. The average molecular weight is 212 g/mol. The lowest BCUT2D eigenvalue weighted by Crippen LogP contribution is -2.05. The Balaban J connectivity index is 2.98. The smallest absolute Gasteiger partial charge is 0.340 e. The molecule has 0 saturated heterocycles. The van der Waals surface area contributed by atoms with E-state index in [0.29, 0.717) is 5.56 Å². The molecule has 0 fully saturated rings. The van der Waals surface area contributed by atoms with Crippen molar-refractivity contribution in [1.82, 2.24) is 5.59 Å². The highest BCUT2D eigenvalue weighted by atomic mass is 19.1. The largest absolute Gasteiger partial charge is 0.465 e. The highest BCUT2D eigenvalue weighted by Crippen LogP contribution is 2.10. The molecule has 1 rings (SSSR count). The second-order valence-electron chi connectivity index (χ2n) is 2.59. The molecule has 2 N–H and O–H groups in total. The number of methoxy groups -OCH3 is 1. The van der Waals surface area contributed by atoms with E-state index in [9.17, 15) is 9.18 Å². The van der Waals surface area contributed by atoms with Crippen molar-refractivity contribution in [1.29, 1.82) is 0 Å². The van der Waals surface area contributed by atoms with Gasteiger partial charge in [0.2, 0.25) is 0 Å². The Kier molecular flexibility index (Phi) is 3.75. The van der Waals surface area contributed by atoms with Crippen molar-refractivity contribution in [3.63, 3.8) is 0 Å². The summed E-state index contributed by atoms with van der Waals surface area (Å²) < 4.78 is 17.6. The maximum Gasteiger partial charge on any atom is 0.340 e. The number of benzene rings is 1. The third-order valence-electron chi connectivity index (χ3n) is 1.67. The van der Waals surface area contributed by atoms with Gasteiger partial charge in [-0.05, 0) is 17.7 Å². The molecule has 1 aromatic carbocycles. The van der Waals surface area contributed by atoms with Crippen LogP contribution in [0.15, 0.2) is 23.3 Å². The lowest BCUT2D eigenvalue weighted by Gasteiger charge is -2.01. The molecule has 0 aliphatic rings. The van der Waals surface area contributed by atoms with Crippen LogP contribution >= 0.6 is 0 Å². The number of carbonyl (C=O) groups excluding carboxylic acids is 1. The van der Waals surface area contributed by atoms with E-state index in [1.54, 1.807) is 0 Å². The number of nitrogens with one attached hydrogen (secondary N) is 1. The standard InChI is InChI=1S/C9H9FN2O3/c1-15-9(13)7-3-2-6(4-8(7)10)5-11-12-14/h2-5,12,14H,1H3. The molecule has 0 amide bonds. The Hall–Kier alpha value is -1.95. The zero-order valence-corrected chi connectivity index (χ0v) is 7.90. The molecule has 0 spiro atoms. The Morgan fingerprint density at radius 3 is 2.93 bits per heavy atom. The zero-order valence-electron chi connectivity index (χ0n) is 7.90. The molecule has 1 aromatic rings. The van der Waals surface area contributed by atoms with Gasteiger partial charge in [-0.15, -0.1) is 0 Å². The number of halogens is 1. The molecule has 0 heterocycles. The Bertz CT molecular complexity index is 393. The van der Waals surface area contributed by atoms with Crippen molar-refractivity contribution in [3.05, 3.63) is 35.1 Å². The Morgan fingerprint density at radius 2 is 2.40 bits per heavy atom. The maximum atomic E-state index is 13.3. The summed E-state index contributed by atoms with van der Waals surface area (Å²) in [6.45, 7) is 0. The fraction of sp³-hybridized carbons (Fsp3) is 0.111. The van der Waals surface area contributed by atoms with Crippen LogP contribution in [0.3, 0.4) is 0 Å². The summed E-state index contributed by atoms with van der Waals surface area (Å²) >= 11 is 0. The van der Waals surface area contributed by atoms with Gasteiger partial charge in [-0.25, -0.2) is 9.18 Å². The third kappa shape index (κ3) is 2.75. The van der Waals surface area contributed by atoms with Gasteiger partial charge in [0.1, 0.15) is 5.82 Å². The molecular formula is C9H9FN2O3. The maximum absolute atomic E-state index is 13.3. The van der Waals surface area contributed by atoms with Crippen LogP contribution in [0.5, 0.6) is 0 Å². The lowest BCUT2D eigenvalue weighted by molar-refractivity contribution is 0.0595. The number of rotatable bonds is 3. The summed E-state index contributed by atoms with van der Waals surface area (Å²) in [5, 5.41) is 11.4. The van der Waals surface area contributed by atoms with Crippen molar-refractivity contribution >= 4 is 12.2 Å². The number of nitrogens with zero attached hydrogens (tertiary/aromatic N) is 1. The number of hydrogen-bond acceptors (Lipinski definition) is 5. The first kappa shape index (κ1) is 11.1. The summed E-state index contributed by atoms with van der Waals surface area (Å²) in [4.78, 5) is 11.0. The molecule has 0 aliphatic carbocycles. The van der Waals surface area contributed by atoms with Crippen molar-refractivity contribution in [2.24, 2.45) is 5.10 Å². The van der Waals surface area contributed by atoms with Gasteiger partial charge in [0.15, 0.2) is 0 Å². The van der Waals surface area contributed by atoms with Gasteiger partial charge in [-0.3, -0.25) is 5.21 Å². The molecule has 0 aliphatic heterocycles. The third-order valence-corrected chi connectivity index (χ3v) is 1.67. The molecule has 0 radical (unpaired) electrons. The zero-order chi connectivity index (χ0) is 11.3. The van der Waals surface area contributed by atoms with Crippen LogP contribution in [0.25, 0.3) is 0 Å². The van der Waals surface area contributed by atoms with Gasteiger partial charge in [0, 0.05) is 0 Å². The number of hydrogen-bond donors (Lipinski definition) is 2. The minimum absolute atomic E-state index is 0.147. The van der Waals surface area contributed by atoms with E-state index in [-0.39, 0.29) is 5.56 Å². The molecule has 80 valence electrons. The molecule has 0 saturated carbocycles. The fourth-order valence-corrected chi connectivity index (χ4v) is 0.991. The summed E-state index contributed by atoms with van der Waals surface area (Å²) in [7, 11) is 1.17. The molecule has 0 aromatic heterocycles. The van der Waals surface area contributed by atoms with E-state index in [1.165, 1.54) is 31.0 Å². The van der Waals surface area contributed by atoms with Gasteiger partial charge in [-0.2, -0.15) is 10.7 Å². The summed E-state index contributed by atoms with van der Waals surface area (Å²) in [6.07, 6.45) is 1.20. The molecule has 6 heteroatoms. The molecule has 0 atom stereocenters. The van der Waals surface area contributed by atoms with Crippen LogP contribution in [0.1, 0.15) is 15.9 Å². The van der Waals surface area contributed by atoms with Crippen LogP contribution < -0.4 is 5.59 Å². The molecule has 0 unspecified atom stereocenters. The number of hydrazone groups is 1. The second kappa shape index (κ2) is 5.06. The van der Waals surface area contributed by atoms with E-state index < -0.39 is 11.8 Å². The van der Waals surface area contributed by atoms with E-state index >= 15 is 0 Å². The number of carbonyl (C=O) groups is 1. The molecular weight excluding hydrogens is 203 g/mol. The van der Waals surface area contributed by atoms with Crippen LogP contribution in [-0.4, -0.2) is 24.5 Å². The van der Waals surface area contributed by atoms with Gasteiger partial charge in [0.25, 0.3) is 0 Å². The van der Waals surface area contributed by atoms with Crippen LogP contribution in [0.2, 0.25) is 0 Å². The molecule has 15 heavy (non-hydrogen) atoms. The van der Waals surface area contributed by atoms with E-state index in [0.717, 1.165) is 6.07 Å². The second-order valence-corrected chi connectivity index (χ2v) is 2.59. The van der Waals surface area contributed by atoms with Crippen molar-refractivity contribution in [3.8, 4) is 0 Å². The number of ether oxygens (including phenoxy) is 1. The highest BCUT2D eigenvalue weighted by Gasteiger charge is 2.11. The van der Waals surface area contributed by atoms with Gasteiger partial charge in [-0.1, -0.05) is 6.07 Å². The predicted molar refractivity (Wildman–Crippen MR) is 50.3 cm³/mol. The van der Waals surface area contributed by atoms with Crippen molar-refractivity contribution < 1.29 is 19.1 Å². The predicted octanol–water partition coefficient (Wildman–Crippen LogP) is 0.925. The fourth-order valence-electron chi connectivity index (χ4n) is 0.991. The first-order valence-electron chi connectivity index (χ1n) is 3.99. The van der Waals surface area contributed by atoms with E-state index in [4.69, 9.17) is 5.21 Å². The monoisotopic (exact) mass is 212 g/mol. The molecule has 5 nitrogen and oxygen atoms in total. The SMILES string of the molecule is COC(=O)c1ccc(C=NNO)cc1F. The minimum Gasteiger partial charge on any atom is -0.465 e. The minimum atomic E-state index is -0.740. The normalized spacial score (nSPS) is 10.3. The lowest BCUT2D eigenvalue weighted by atomic mass is 10.1. The van der Waals surface area contributed by atoms with Crippen LogP contribution in [0.4, 0.5) is 4.39 Å². The summed E-state index contributed by atoms with van der Waals surface area (Å²) in [6, 6.07) is 3.85. The highest BCUT2D eigenvalue weighted by molar-refractivity contribution is 5.91. The van der Waals surface area contributed by atoms with Gasteiger partial charge < -0.3 is 4.74 Å². The van der Waals surface area contributed by atoms with E-state index in [1.807, 2.05) is 0 Å².